The van der Waals surface area contributed by atoms with Crippen LogP contribution in [0.5, 0.6) is 0 Å². The van der Waals surface area contributed by atoms with Gasteiger partial charge in [-0.3, -0.25) is 4.79 Å². The van der Waals surface area contributed by atoms with E-state index < -0.39 is 0 Å². The van der Waals surface area contributed by atoms with Crippen LogP contribution in [0.3, 0.4) is 0 Å². The summed E-state index contributed by atoms with van der Waals surface area (Å²) in [7, 11) is 3.96. The molecular weight excluding hydrogens is 262 g/mol. The molecule has 0 aromatic heterocycles. The molecule has 0 amide bonds. The van der Waals surface area contributed by atoms with E-state index >= 15 is 0 Å². The summed E-state index contributed by atoms with van der Waals surface area (Å²) in [6, 6.07) is 7.81. The number of nitrogens with one attached hydrogen (secondary N) is 2. The first kappa shape index (κ1) is 15.2. The minimum atomic E-state index is -0.324. The van der Waals surface area contributed by atoms with Gasteiger partial charge in [-0.15, -0.1) is 0 Å². The Bertz CT molecular complexity index is 432. The Morgan fingerprint density at radius 2 is 1.95 bits per heavy atom. The van der Waals surface area contributed by atoms with Crippen LogP contribution < -0.4 is 15.5 Å². The highest BCUT2D eigenvalue weighted by Crippen LogP contribution is 2.15. The van der Waals surface area contributed by atoms with Crippen molar-refractivity contribution < 1.29 is 9.53 Å². The third-order valence-electron chi connectivity index (χ3n) is 2.34. The number of hydrogen-bond acceptors (Lipinski definition) is 4. The first-order valence-corrected chi connectivity index (χ1v) is 6.41. The number of nitrogens with zero attached hydrogens (tertiary/aromatic N) is 1. The standard InChI is InChI=1S/C13H19N3O2S/c1-4-18-12(17)9-14-13(19)15-10-5-7-11(8-6-10)16(2)3/h5-8H,4,9H2,1-3H3,(H2,14,15,19). The Morgan fingerprint density at radius 3 is 2.47 bits per heavy atom. The fourth-order valence-electron chi connectivity index (χ4n) is 1.38. The highest BCUT2D eigenvalue weighted by Gasteiger charge is 2.03. The third-order valence-corrected chi connectivity index (χ3v) is 2.59. The van der Waals surface area contributed by atoms with E-state index in [1.165, 1.54) is 0 Å². The van der Waals surface area contributed by atoms with Gasteiger partial charge in [0, 0.05) is 25.5 Å². The van der Waals surface area contributed by atoms with Crippen LogP contribution in [0.4, 0.5) is 11.4 Å². The van der Waals surface area contributed by atoms with Gasteiger partial charge in [-0.05, 0) is 43.4 Å². The van der Waals surface area contributed by atoms with Crippen molar-refractivity contribution in [3.05, 3.63) is 24.3 Å². The second kappa shape index (κ2) is 7.58. The molecule has 19 heavy (non-hydrogen) atoms. The summed E-state index contributed by atoms with van der Waals surface area (Å²) < 4.78 is 4.79. The molecule has 0 aliphatic carbocycles. The van der Waals surface area contributed by atoms with Crippen LogP contribution in [0.2, 0.25) is 0 Å². The van der Waals surface area contributed by atoms with Crippen molar-refractivity contribution in [2.24, 2.45) is 0 Å². The van der Waals surface area contributed by atoms with Gasteiger partial charge < -0.3 is 20.3 Å². The van der Waals surface area contributed by atoms with Crippen molar-refractivity contribution in [2.75, 3.05) is 37.5 Å². The Hall–Kier alpha value is -1.82. The van der Waals surface area contributed by atoms with Gasteiger partial charge in [-0.2, -0.15) is 0 Å². The number of benzene rings is 1. The van der Waals surface area contributed by atoms with Crippen LogP contribution in [0.15, 0.2) is 24.3 Å². The van der Waals surface area contributed by atoms with Crippen molar-refractivity contribution in [1.29, 1.82) is 0 Å². The molecule has 5 nitrogen and oxygen atoms in total. The number of carbonyl (C=O) groups is 1. The van der Waals surface area contributed by atoms with E-state index in [0.717, 1.165) is 11.4 Å². The smallest absolute Gasteiger partial charge is 0.325 e. The molecule has 6 heteroatoms. The third kappa shape index (κ3) is 5.56. The summed E-state index contributed by atoms with van der Waals surface area (Å²) >= 11 is 5.08. The molecule has 0 aliphatic heterocycles. The van der Waals surface area contributed by atoms with Crippen LogP contribution in [0.1, 0.15) is 6.92 Å². The van der Waals surface area contributed by atoms with Crippen LogP contribution >= 0.6 is 12.2 Å². The lowest BCUT2D eigenvalue weighted by Gasteiger charge is -2.14. The monoisotopic (exact) mass is 281 g/mol. The van der Waals surface area contributed by atoms with Gasteiger partial charge in [-0.1, -0.05) is 0 Å². The summed E-state index contributed by atoms with van der Waals surface area (Å²) in [6.07, 6.45) is 0. The number of esters is 1. The number of thiocarbonyl (C=S) groups is 1. The van der Waals surface area contributed by atoms with Crippen molar-refractivity contribution in [3.8, 4) is 0 Å². The highest BCUT2D eigenvalue weighted by molar-refractivity contribution is 7.80. The molecule has 0 spiro atoms. The molecule has 0 fully saturated rings. The van der Waals surface area contributed by atoms with Crippen molar-refractivity contribution in [1.82, 2.24) is 5.32 Å². The Morgan fingerprint density at radius 1 is 1.32 bits per heavy atom. The normalized spacial score (nSPS) is 9.63. The van der Waals surface area contributed by atoms with E-state index in [0.29, 0.717) is 11.7 Å². The quantitative estimate of drug-likeness (QED) is 0.631. The Kier molecular flexibility index (Phi) is 6.08. The zero-order valence-corrected chi connectivity index (χ0v) is 12.2. The van der Waals surface area contributed by atoms with Crippen molar-refractivity contribution in [2.45, 2.75) is 6.92 Å². The zero-order chi connectivity index (χ0) is 14.3. The Balaban J connectivity index is 2.42. The fraction of sp³-hybridized carbons (Fsp3) is 0.385. The average Bonchev–Trinajstić information content (AvgIpc) is 2.37. The summed E-state index contributed by atoms with van der Waals surface area (Å²) in [5, 5.41) is 6.18. The van der Waals surface area contributed by atoms with Gasteiger partial charge in [0.05, 0.1) is 6.61 Å². The molecule has 2 N–H and O–H groups in total. The largest absolute Gasteiger partial charge is 0.465 e. The van der Waals surface area contributed by atoms with Gasteiger partial charge >= 0.3 is 5.97 Å². The molecule has 0 saturated heterocycles. The van der Waals surface area contributed by atoms with E-state index in [4.69, 9.17) is 17.0 Å². The van der Waals surface area contributed by atoms with Gasteiger partial charge in [0.25, 0.3) is 0 Å². The molecule has 1 aromatic carbocycles. The van der Waals surface area contributed by atoms with Crippen molar-refractivity contribution in [3.63, 3.8) is 0 Å². The predicted molar refractivity (Wildman–Crippen MR) is 81.6 cm³/mol. The maximum absolute atomic E-state index is 11.1. The van der Waals surface area contributed by atoms with E-state index in [-0.39, 0.29) is 12.5 Å². The molecule has 0 aliphatic rings. The maximum atomic E-state index is 11.1. The molecule has 0 heterocycles. The molecule has 0 radical (unpaired) electrons. The summed E-state index contributed by atoms with van der Waals surface area (Å²) in [5.41, 5.74) is 1.97. The molecule has 104 valence electrons. The average molecular weight is 281 g/mol. The molecule has 1 aromatic rings. The van der Waals surface area contributed by atoms with Gasteiger partial charge in [0.1, 0.15) is 6.54 Å². The highest BCUT2D eigenvalue weighted by atomic mass is 32.1. The first-order valence-electron chi connectivity index (χ1n) is 6.00. The second-order valence-corrected chi connectivity index (χ2v) is 4.46. The molecule has 0 unspecified atom stereocenters. The lowest BCUT2D eigenvalue weighted by atomic mass is 10.2. The zero-order valence-electron chi connectivity index (χ0n) is 11.4. The lowest BCUT2D eigenvalue weighted by Crippen LogP contribution is -2.33. The molecule has 0 bridgehead atoms. The van der Waals surface area contributed by atoms with Crippen LogP contribution in [0, 0.1) is 0 Å². The molecule has 0 saturated carbocycles. The SMILES string of the molecule is CCOC(=O)CNC(=S)Nc1ccc(N(C)C)cc1. The van der Waals surface area contributed by atoms with Gasteiger partial charge in [-0.25, -0.2) is 0 Å². The van der Waals surface area contributed by atoms with Crippen LogP contribution in [-0.4, -0.2) is 38.3 Å². The fourth-order valence-corrected chi connectivity index (χ4v) is 1.57. The predicted octanol–water partition coefficient (Wildman–Crippen LogP) is 1.60. The summed E-state index contributed by atoms with van der Waals surface area (Å²) in [6.45, 7) is 2.20. The Labute approximate surface area is 118 Å². The maximum Gasteiger partial charge on any atom is 0.325 e. The number of carbonyl (C=O) groups excluding carboxylic acids is 1. The van der Waals surface area contributed by atoms with Gasteiger partial charge in [0.15, 0.2) is 5.11 Å². The van der Waals surface area contributed by atoms with Crippen LogP contribution in [-0.2, 0) is 9.53 Å². The van der Waals surface area contributed by atoms with E-state index in [1.807, 2.05) is 43.3 Å². The number of hydrogen-bond donors (Lipinski definition) is 2. The second-order valence-electron chi connectivity index (χ2n) is 4.05. The van der Waals surface area contributed by atoms with Crippen molar-refractivity contribution >= 4 is 34.7 Å². The van der Waals surface area contributed by atoms with Crippen LogP contribution in [0.25, 0.3) is 0 Å². The van der Waals surface area contributed by atoms with E-state index in [2.05, 4.69) is 10.6 Å². The minimum absolute atomic E-state index is 0.0649. The topological polar surface area (TPSA) is 53.6 Å². The summed E-state index contributed by atoms with van der Waals surface area (Å²) in [5.74, 6) is -0.324. The van der Waals surface area contributed by atoms with E-state index in [9.17, 15) is 4.79 Å². The molecular formula is C13H19N3O2S. The summed E-state index contributed by atoms with van der Waals surface area (Å²) in [4.78, 5) is 13.2. The lowest BCUT2D eigenvalue weighted by molar-refractivity contribution is -0.141. The number of ether oxygens (including phenoxy) is 1. The van der Waals surface area contributed by atoms with E-state index in [1.54, 1.807) is 6.92 Å². The number of rotatable bonds is 5. The molecule has 1 rings (SSSR count). The molecule has 0 atom stereocenters. The first-order chi connectivity index (χ1) is 9.02. The number of anilines is 2. The minimum Gasteiger partial charge on any atom is -0.465 e. The van der Waals surface area contributed by atoms with Gasteiger partial charge in [0.2, 0.25) is 0 Å².